The van der Waals surface area contributed by atoms with Gasteiger partial charge in [0.05, 0.1) is 10.1 Å². The first-order valence-corrected chi connectivity index (χ1v) is 9.03. The number of primary amides is 1. The Kier molecular flexibility index (Phi) is 5.15. The van der Waals surface area contributed by atoms with Gasteiger partial charge in [-0.05, 0) is 42.6 Å². The Balaban J connectivity index is 1.60. The van der Waals surface area contributed by atoms with Gasteiger partial charge in [0.15, 0.2) is 0 Å². The lowest BCUT2D eigenvalue weighted by molar-refractivity contribution is -0.115. The number of hydrogen-bond donors (Lipinski definition) is 2. The average Bonchev–Trinajstić information content (AvgIpc) is 3.26. The van der Waals surface area contributed by atoms with Gasteiger partial charge in [-0.2, -0.15) is 0 Å². The second-order valence-corrected chi connectivity index (χ2v) is 7.28. The Labute approximate surface area is 151 Å². The summed E-state index contributed by atoms with van der Waals surface area (Å²) in [5.41, 5.74) is 6.14. The molecule has 0 radical (unpaired) electrons. The van der Waals surface area contributed by atoms with E-state index in [1.165, 1.54) is 23.1 Å². The molecule has 0 saturated heterocycles. The summed E-state index contributed by atoms with van der Waals surface area (Å²) >= 11 is 2.68. The molecule has 3 aromatic rings. The van der Waals surface area contributed by atoms with Crippen LogP contribution in [0.15, 0.2) is 51.4 Å². The number of benzene rings is 1. The molecule has 2 aromatic heterocycles. The van der Waals surface area contributed by atoms with Crippen LogP contribution in [0.5, 0.6) is 0 Å². The number of nitrogens with one attached hydrogen (secondary N) is 1. The number of thiophene rings is 1. The fraction of sp³-hybridized carbons (Fsp3) is 0.125. The number of amides is 2. The summed E-state index contributed by atoms with van der Waals surface area (Å²) in [6.07, 6.45) is 0. The normalized spacial score (nSPS) is 11.9. The molecule has 0 spiro atoms. The number of thioether (sulfide) groups is 1. The van der Waals surface area contributed by atoms with Gasteiger partial charge in [0, 0.05) is 11.3 Å². The maximum absolute atomic E-state index is 12.3. The summed E-state index contributed by atoms with van der Waals surface area (Å²) in [6, 6.07) is 10.1. The van der Waals surface area contributed by atoms with Crippen molar-refractivity contribution in [2.24, 2.45) is 5.73 Å². The summed E-state index contributed by atoms with van der Waals surface area (Å²) in [6.45, 7) is 1.74. The molecule has 0 aliphatic rings. The van der Waals surface area contributed by atoms with Crippen LogP contribution in [0.1, 0.15) is 17.3 Å². The molecule has 9 heteroatoms. The minimum atomic E-state index is -0.514. The zero-order chi connectivity index (χ0) is 17.8. The third-order valence-electron chi connectivity index (χ3n) is 3.22. The van der Waals surface area contributed by atoms with Crippen LogP contribution in [0.3, 0.4) is 0 Å². The van der Waals surface area contributed by atoms with Gasteiger partial charge >= 0.3 is 0 Å². The zero-order valence-electron chi connectivity index (χ0n) is 13.1. The molecule has 2 heterocycles. The summed E-state index contributed by atoms with van der Waals surface area (Å²) in [5.74, 6) is -0.292. The smallest absolute Gasteiger partial charge is 0.277 e. The van der Waals surface area contributed by atoms with E-state index in [1.807, 2.05) is 17.5 Å². The third kappa shape index (κ3) is 4.25. The van der Waals surface area contributed by atoms with Gasteiger partial charge in [-0.25, -0.2) is 0 Å². The molecule has 1 atom stereocenters. The number of anilines is 1. The van der Waals surface area contributed by atoms with Gasteiger partial charge in [0.2, 0.25) is 11.8 Å². The molecule has 128 valence electrons. The van der Waals surface area contributed by atoms with Crippen molar-refractivity contribution in [3.05, 3.63) is 47.3 Å². The standard InChI is InChI=1S/C16H14N4O3S2/c1-9(14(22)18-11-6-4-10(5-7-11)13(17)21)25-16-20-19-15(23-16)12-3-2-8-24-12/h2-9H,1H3,(H2,17,21)(H,18,22)/t9-/m1/s1. The van der Waals surface area contributed by atoms with E-state index in [1.54, 1.807) is 31.2 Å². The molecule has 1 aromatic carbocycles. The van der Waals surface area contributed by atoms with Crippen LogP contribution in [-0.2, 0) is 4.79 Å². The van der Waals surface area contributed by atoms with Crippen molar-refractivity contribution in [2.75, 3.05) is 5.32 Å². The highest BCUT2D eigenvalue weighted by Gasteiger charge is 2.19. The van der Waals surface area contributed by atoms with Gasteiger partial charge in [0.1, 0.15) is 0 Å². The molecule has 2 amide bonds. The van der Waals surface area contributed by atoms with E-state index in [0.717, 1.165) is 4.88 Å². The van der Waals surface area contributed by atoms with E-state index < -0.39 is 11.2 Å². The number of aromatic nitrogens is 2. The predicted molar refractivity (Wildman–Crippen MR) is 96.5 cm³/mol. The topological polar surface area (TPSA) is 111 Å². The van der Waals surface area contributed by atoms with E-state index in [4.69, 9.17) is 10.2 Å². The van der Waals surface area contributed by atoms with Gasteiger partial charge < -0.3 is 15.5 Å². The fourth-order valence-electron chi connectivity index (χ4n) is 1.92. The van der Waals surface area contributed by atoms with Crippen LogP contribution in [-0.4, -0.2) is 27.3 Å². The molecule has 0 fully saturated rings. The Morgan fingerprint density at radius 3 is 2.64 bits per heavy atom. The number of carbonyl (C=O) groups is 2. The van der Waals surface area contributed by atoms with Crippen LogP contribution in [0, 0.1) is 0 Å². The molecule has 0 aliphatic carbocycles. The van der Waals surface area contributed by atoms with Crippen molar-refractivity contribution in [3.8, 4) is 10.8 Å². The van der Waals surface area contributed by atoms with Crippen LogP contribution < -0.4 is 11.1 Å². The Morgan fingerprint density at radius 2 is 2.00 bits per heavy atom. The highest BCUT2D eigenvalue weighted by atomic mass is 32.2. The third-order valence-corrected chi connectivity index (χ3v) is 5.01. The zero-order valence-corrected chi connectivity index (χ0v) is 14.8. The van der Waals surface area contributed by atoms with Crippen molar-refractivity contribution < 1.29 is 14.0 Å². The summed E-state index contributed by atoms with van der Waals surface area (Å²) in [5, 5.41) is 12.5. The van der Waals surface area contributed by atoms with Crippen LogP contribution in [0.25, 0.3) is 10.8 Å². The van der Waals surface area contributed by atoms with E-state index in [2.05, 4.69) is 15.5 Å². The van der Waals surface area contributed by atoms with Gasteiger partial charge in [-0.1, -0.05) is 17.8 Å². The molecule has 25 heavy (non-hydrogen) atoms. The lowest BCUT2D eigenvalue weighted by atomic mass is 10.2. The predicted octanol–water partition coefficient (Wildman–Crippen LogP) is 3.02. The first-order valence-electron chi connectivity index (χ1n) is 7.27. The monoisotopic (exact) mass is 374 g/mol. The number of nitrogens with zero attached hydrogens (tertiary/aromatic N) is 2. The number of carbonyl (C=O) groups excluding carboxylic acids is 2. The maximum Gasteiger partial charge on any atom is 0.277 e. The average molecular weight is 374 g/mol. The Hall–Kier alpha value is -2.65. The van der Waals surface area contributed by atoms with Crippen LogP contribution in [0.4, 0.5) is 5.69 Å². The first-order chi connectivity index (χ1) is 12.0. The van der Waals surface area contributed by atoms with E-state index >= 15 is 0 Å². The summed E-state index contributed by atoms with van der Waals surface area (Å²) in [4.78, 5) is 24.2. The minimum Gasteiger partial charge on any atom is -0.410 e. The molecule has 0 unspecified atom stereocenters. The molecule has 0 bridgehead atoms. The molecular weight excluding hydrogens is 360 g/mol. The lowest BCUT2D eigenvalue weighted by Gasteiger charge is -2.10. The van der Waals surface area contributed by atoms with Gasteiger partial charge in [-0.15, -0.1) is 21.5 Å². The second kappa shape index (κ2) is 7.49. The quantitative estimate of drug-likeness (QED) is 0.642. The highest BCUT2D eigenvalue weighted by molar-refractivity contribution is 8.00. The second-order valence-electron chi connectivity index (χ2n) is 5.04. The van der Waals surface area contributed by atoms with Crippen LogP contribution >= 0.6 is 23.1 Å². The number of rotatable bonds is 6. The van der Waals surface area contributed by atoms with Crippen molar-refractivity contribution >= 4 is 40.6 Å². The Morgan fingerprint density at radius 1 is 1.24 bits per heavy atom. The molecule has 7 nitrogen and oxygen atoms in total. The van der Waals surface area contributed by atoms with E-state index in [9.17, 15) is 9.59 Å². The SMILES string of the molecule is C[C@@H](Sc1nnc(-c2cccs2)o1)C(=O)Nc1ccc(C(N)=O)cc1. The highest BCUT2D eigenvalue weighted by Crippen LogP contribution is 2.28. The fourth-order valence-corrected chi connectivity index (χ4v) is 3.25. The van der Waals surface area contributed by atoms with Crippen molar-refractivity contribution in [3.63, 3.8) is 0 Å². The molecule has 0 aliphatic heterocycles. The van der Waals surface area contributed by atoms with Gasteiger partial charge in [0.25, 0.3) is 11.1 Å². The Bertz CT molecular complexity index is 875. The van der Waals surface area contributed by atoms with Crippen LogP contribution in [0.2, 0.25) is 0 Å². The minimum absolute atomic E-state index is 0.215. The van der Waals surface area contributed by atoms with E-state index in [0.29, 0.717) is 22.4 Å². The summed E-state index contributed by atoms with van der Waals surface area (Å²) < 4.78 is 5.56. The lowest BCUT2D eigenvalue weighted by Crippen LogP contribution is -2.22. The van der Waals surface area contributed by atoms with E-state index in [-0.39, 0.29) is 5.91 Å². The molecular formula is C16H14N4O3S2. The molecule has 3 N–H and O–H groups in total. The number of hydrogen-bond acceptors (Lipinski definition) is 7. The van der Waals surface area contributed by atoms with Crippen molar-refractivity contribution in [1.29, 1.82) is 0 Å². The molecule has 0 saturated carbocycles. The number of nitrogens with two attached hydrogens (primary N) is 1. The maximum atomic E-state index is 12.3. The largest absolute Gasteiger partial charge is 0.410 e. The van der Waals surface area contributed by atoms with Crippen molar-refractivity contribution in [1.82, 2.24) is 10.2 Å². The van der Waals surface area contributed by atoms with Crippen molar-refractivity contribution in [2.45, 2.75) is 17.4 Å². The van der Waals surface area contributed by atoms with Gasteiger partial charge in [-0.3, -0.25) is 9.59 Å². The molecule has 3 rings (SSSR count). The first kappa shape index (κ1) is 17.2. The summed E-state index contributed by atoms with van der Waals surface area (Å²) in [7, 11) is 0.